The van der Waals surface area contributed by atoms with Gasteiger partial charge in [0.15, 0.2) is 12.6 Å². The Labute approximate surface area is 227 Å². The number of hydrogen-bond donors (Lipinski definition) is 4. The summed E-state index contributed by atoms with van der Waals surface area (Å²) >= 11 is 0. The van der Waals surface area contributed by atoms with Crippen LogP contribution >= 0.6 is 0 Å². The highest BCUT2D eigenvalue weighted by Crippen LogP contribution is 2.34. The maximum atomic E-state index is 12.1. The van der Waals surface area contributed by atoms with Crippen molar-refractivity contribution in [3.8, 4) is 0 Å². The molecular weight excluding hydrogens is 500 g/mol. The normalized spacial score (nSPS) is 16.9. The fourth-order valence-corrected chi connectivity index (χ4v) is 3.42. The first-order valence-corrected chi connectivity index (χ1v) is 13.3. The van der Waals surface area contributed by atoms with Crippen molar-refractivity contribution in [1.29, 1.82) is 0 Å². The lowest BCUT2D eigenvalue weighted by Crippen LogP contribution is -2.50. The maximum Gasteiger partial charge on any atom is 0.305 e. The summed E-state index contributed by atoms with van der Waals surface area (Å²) in [6.45, 7) is 15.4. The molecule has 0 aliphatic heterocycles. The molecule has 0 saturated heterocycles. The Morgan fingerprint density at radius 3 is 1.79 bits per heavy atom. The van der Waals surface area contributed by atoms with Gasteiger partial charge in [-0.1, -0.05) is 34.6 Å². The molecule has 0 saturated carbocycles. The zero-order valence-corrected chi connectivity index (χ0v) is 24.7. The van der Waals surface area contributed by atoms with Crippen LogP contribution in [0.2, 0.25) is 0 Å². The highest BCUT2D eigenvalue weighted by Gasteiger charge is 2.41. The van der Waals surface area contributed by atoms with Gasteiger partial charge in [0.2, 0.25) is 0 Å². The van der Waals surface area contributed by atoms with Gasteiger partial charge in [0.1, 0.15) is 6.61 Å². The fourth-order valence-electron chi connectivity index (χ4n) is 3.42. The number of aliphatic carboxylic acids is 1. The second-order valence-electron chi connectivity index (χ2n) is 11.8. The molecule has 0 aliphatic rings. The highest BCUT2D eigenvalue weighted by molar-refractivity contribution is 5.71. The molecule has 0 amide bonds. The number of rotatable bonds is 20. The smallest absolute Gasteiger partial charge is 0.305 e. The molecule has 0 spiro atoms. The molecule has 4 N–H and O–H groups in total. The Morgan fingerprint density at radius 1 is 0.789 bits per heavy atom. The van der Waals surface area contributed by atoms with Crippen LogP contribution in [-0.2, 0) is 33.3 Å². The number of hydrogen-bond acceptors (Lipinski definition) is 10. The quantitative estimate of drug-likeness (QED) is 0.130. The van der Waals surface area contributed by atoms with Gasteiger partial charge < -0.3 is 44.1 Å². The average molecular weight is 553 g/mol. The number of aliphatic hydroxyl groups is 3. The second-order valence-corrected chi connectivity index (χ2v) is 11.8. The number of ether oxygens (including phenoxy) is 5. The van der Waals surface area contributed by atoms with E-state index < -0.39 is 67.1 Å². The second kappa shape index (κ2) is 16.7. The first-order chi connectivity index (χ1) is 17.4. The molecule has 5 unspecified atom stereocenters. The fraction of sp³-hybridized carbons (Fsp3) is 0.926. The van der Waals surface area contributed by atoms with Crippen LogP contribution in [0, 0.1) is 10.8 Å². The zero-order chi connectivity index (χ0) is 29.7. The molecule has 0 heterocycles. The molecule has 226 valence electrons. The van der Waals surface area contributed by atoms with Gasteiger partial charge in [-0.2, -0.15) is 0 Å². The standard InChI is InChI=1S/C27H52O11/c1-10-26(6,7)19(14-28)36-23(16-30)35-18(2)27(8,9)20(15-29)37-24(38-25(3,4)5)17-34-22(33)13-11-12-21(31)32/h18-20,23-24,28-30H,10-17H2,1-9H3,(H,31,32). The van der Waals surface area contributed by atoms with E-state index in [0.717, 1.165) is 6.42 Å². The largest absolute Gasteiger partial charge is 0.481 e. The van der Waals surface area contributed by atoms with E-state index in [-0.39, 0.29) is 37.9 Å². The Hall–Kier alpha value is -1.34. The molecule has 0 aromatic rings. The lowest BCUT2D eigenvalue weighted by atomic mass is 9.81. The maximum absolute atomic E-state index is 12.1. The van der Waals surface area contributed by atoms with Gasteiger partial charge in [-0.25, -0.2) is 0 Å². The van der Waals surface area contributed by atoms with Crippen LogP contribution < -0.4 is 0 Å². The van der Waals surface area contributed by atoms with Crippen molar-refractivity contribution in [2.45, 2.75) is 124 Å². The van der Waals surface area contributed by atoms with Crippen LogP contribution in [0.15, 0.2) is 0 Å². The van der Waals surface area contributed by atoms with Gasteiger partial charge in [-0.3, -0.25) is 9.59 Å². The summed E-state index contributed by atoms with van der Waals surface area (Å²) in [4.78, 5) is 22.7. The molecule has 11 nitrogen and oxygen atoms in total. The lowest BCUT2D eigenvalue weighted by Gasteiger charge is -2.42. The van der Waals surface area contributed by atoms with E-state index in [9.17, 15) is 24.9 Å². The Morgan fingerprint density at radius 2 is 1.34 bits per heavy atom. The Balaban J connectivity index is 5.44. The number of aliphatic hydroxyl groups excluding tert-OH is 3. The minimum Gasteiger partial charge on any atom is -0.481 e. The predicted octanol–water partition coefficient (Wildman–Crippen LogP) is 2.87. The van der Waals surface area contributed by atoms with E-state index in [1.54, 1.807) is 27.7 Å². The van der Waals surface area contributed by atoms with Crippen LogP contribution in [0.25, 0.3) is 0 Å². The molecule has 11 heteroatoms. The van der Waals surface area contributed by atoms with Crippen LogP contribution in [0.1, 0.15) is 88.0 Å². The summed E-state index contributed by atoms with van der Waals surface area (Å²) in [6.07, 6.45) is -3.29. The van der Waals surface area contributed by atoms with E-state index in [1.807, 2.05) is 34.6 Å². The third-order valence-electron chi connectivity index (χ3n) is 6.77. The van der Waals surface area contributed by atoms with Crippen molar-refractivity contribution in [3.63, 3.8) is 0 Å². The van der Waals surface area contributed by atoms with Gasteiger partial charge in [0, 0.05) is 18.3 Å². The van der Waals surface area contributed by atoms with Gasteiger partial charge in [-0.05, 0) is 46.0 Å². The molecule has 0 rings (SSSR count). The van der Waals surface area contributed by atoms with Crippen LogP contribution in [0.4, 0.5) is 0 Å². The predicted molar refractivity (Wildman–Crippen MR) is 140 cm³/mol. The van der Waals surface area contributed by atoms with Gasteiger partial charge in [0.05, 0.1) is 43.7 Å². The zero-order valence-electron chi connectivity index (χ0n) is 24.7. The third-order valence-corrected chi connectivity index (χ3v) is 6.77. The topological polar surface area (TPSA) is 161 Å². The Kier molecular flexibility index (Phi) is 16.1. The monoisotopic (exact) mass is 552 g/mol. The first-order valence-electron chi connectivity index (χ1n) is 13.3. The van der Waals surface area contributed by atoms with E-state index in [0.29, 0.717) is 0 Å². The number of carbonyl (C=O) groups excluding carboxylic acids is 1. The molecule has 0 fully saturated rings. The summed E-state index contributed by atoms with van der Waals surface area (Å²) in [7, 11) is 0. The molecule has 5 atom stereocenters. The van der Waals surface area contributed by atoms with E-state index >= 15 is 0 Å². The number of carboxylic acids is 1. The minimum atomic E-state index is -1.02. The van der Waals surface area contributed by atoms with Crippen molar-refractivity contribution in [2.24, 2.45) is 10.8 Å². The van der Waals surface area contributed by atoms with Crippen molar-refractivity contribution in [2.75, 3.05) is 26.4 Å². The summed E-state index contributed by atoms with van der Waals surface area (Å²) in [5.74, 6) is -1.57. The summed E-state index contributed by atoms with van der Waals surface area (Å²) in [6, 6.07) is 0. The highest BCUT2D eigenvalue weighted by atomic mass is 16.7. The van der Waals surface area contributed by atoms with Crippen LogP contribution in [0.3, 0.4) is 0 Å². The molecule has 0 radical (unpaired) electrons. The van der Waals surface area contributed by atoms with Crippen molar-refractivity contribution >= 4 is 11.9 Å². The average Bonchev–Trinajstić information content (AvgIpc) is 2.81. The number of carboxylic acid groups (broad SMARTS) is 1. The number of carbonyl (C=O) groups is 2. The lowest BCUT2D eigenvalue weighted by molar-refractivity contribution is -0.280. The van der Waals surface area contributed by atoms with Crippen molar-refractivity contribution in [3.05, 3.63) is 0 Å². The van der Waals surface area contributed by atoms with Gasteiger partial charge in [0.25, 0.3) is 0 Å². The number of esters is 1. The molecule has 38 heavy (non-hydrogen) atoms. The van der Waals surface area contributed by atoms with Crippen LogP contribution in [0.5, 0.6) is 0 Å². The van der Waals surface area contributed by atoms with Crippen molar-refractivity contribution < 1.29 is 53.7 Å². The van der Waals surface area contributed by atoms with Crippen molar-refractivity contribution in [1.82, 2.24) is 0 Å². The molecule has 0 aromatic heterocycles. The molecular formula is C27H52O11. The Bertz CT molecular complexity index is 687. The first kappa shape index (κ1) is 36.7. The van der Waals surface area contributed by atoms with E-state index in [4.69, 9.17) is 28.8 Å². The SMILES string of the molecule is CCC(C)(C)C(CO)OC(CO)OC(C)C(C)(C)C(CO)OC(COC(=O)CCCC(=O)O)OC(C)(C)C. The van der Waals surface area contributed by atoms with Gasteiger partial charge >= 0.3 is 11.9 Å². The molecule has 0 aromatic carbocycles. The summed E-state index contributed by atoms with van der Waals surface area (Å²) < 4.78 is 29.2. The van der Waals surface area contributed by atoms with E-state index in [1.165, 1.54) is 0 Å². The van der Waals surface area contributed by atoms with Crippen LogP contribution in [-0.4, -0.2) is 95.3 Å². The summed E-state index contributed by atoms with van der Waals surface area (Å²) in [5, 5.41) is 38.6. The van der Waals surface area contributed by atoms with Gasteiger partial charge in [-0.15, -0.1) is 0 Å². The van der Waals surface area contributed by atoms with E-state index in [2.05, 4.69) is 0 Å². The molecule has 0 bridgehead atoms. The minimum absolute atomic E-state index is 0.0550. The third kappa shape index (κ3) is 13.6. The summed E-state index contributed by atoms with van der Waals surface area (Å²) in [5.41, 5.74) is -1.83. The molecule has 0 aliphatic carbocycles.